The van der Waals surface area contributed by atoms with E-state index >= 15 is 0 Å². The highest BCUT2D eigenvalue weighted by Gasteiger charge is 2.35. The zero-order chi connectivity index (χ0) is 30.9. The van der Waals surface area contributed by atoms with E-state index in [-0.39, 0.29) is 23.7 Å². The van der Waals surface area contributed by atoms with Crippen LogP contribution in [0.5, 0.6) is 0 Å². The monoisotopic (exact) mass is 636 g/mol. The molecular formula is C30H35Cl2FN4O4S. The highest BCUT2D eigenvalue weighted by atomic mass is 35.5. The molecule has 0 radical (unpaired) electrons. The van der Waals surface area contributed by atoms with Crippen LogP contribution in [0.25, 0.3) is 0 Å². The van der Waals surface area contributed by atoms with Gasteiger partial charge >= 0.3 is 10.2 Å². The molecule has 8 nitrogen and oxygen atoms in total. The van der Waals surface area contributed by atoms with Crippen LogP contribution >= 0.6 is 23.2 Å². The van der Waals surface area contributed by atoms with Gasteiger partial charge in [-0.3, -0.25) is 9.59 Å². The summed E-state index contributed by atoms with van der Waals surface area (Å²) in [7, 11) is -1.73. The molecule has 42 heavy (non-hydrogen) atoms. The van der Waals surface area contributed by atoms with Crippen molar-refractivity contribution in [2.75, 3.05) is 31.5 Å². The molecule has 12 heteroatoms. The largest absolute Gasteiger partial charge is 0.354 e. The second kappa shape index (κ2) is 15.3. The average molecular weight is 638 g/mol. The molecule has 1 N–H and O–H groups in total. The van der Waals surface area contributed by atoms with E-state index in [9.17, 15) is 22.4 Å². The number of anilines is 1. The first-order valence-electron chi connectivity index (χ1n) is 13.5. The Morgan fingerprint density at radius 3 is 2.21 bits per heavy atom. The van der Waals surface area contributed by atoms with Crippen molar-refractivity contribution in [1.82, 2.24) is 14.5 Å². The number of carbonyl (C=O) groups excluding carboxylic acids is 2. The maximum atomic E-state index is 14.9. The summed E-state index contributed by atoms with van der Waals surface area (Å²) in [4.78, 5) is 29.1. The number of carbonyl (C=O) groups is 2. The van der Waals surface area contributed by atoms with Crippen molar-refractivity contribution in [1.29, 1.82) is 0 Å². The third-order valence-electron chi connectivity index (χ3n) is 6.58. The van der Waals surface area contributed by atoms with Gasteiger partial charge in [-0.2, -0.15) is 12.7 Å². The maximum Gasteiger partial charge on any atom is 0.304 e. The first kappa shape index (κ1) is 33.3. The first-order valence-corrected chi connectivity index (χ1v) is 15.6. The molecular weight excluding hydrogens is 602 g/mol. The smallest absolute Gasteiger partial charge is 0.304 e. The molecule has 0 aromatic heterocycles. The van der Waals surface area contributed by atoms with E-state index in [0.29, 0.717) is 21.4 Å². The summed E-state index contributed by atoms with van der Waals surface area (Å²) >= 11 is 12.4. The van der Waals surface area contributed by atoms with E-state index < -0.39 is 40.4 Å². The summed E-state index contributed by atoms with van der Waals surface area (Å²) in [5.41, 5.74) is 1.08. The molecule has 3 rings (SSSR count). The van der Waals surface area contributed by atoms with Crippen LogP contribution in [-0.4, -0.2) is 62.7 Å². The topological polar surface area (TPSA) is 90.0 Å². The molecule has 2 amide bonds. The van der Waals surface area contributed by atoms with Gasteiger partial charge in [-0.05, 0) is 41.8 Å². The minimum absolute atomic E-state index is 0.0818. The van der Waals surface area contributed by atoms with Gasteiger partial charge in [0.05, 0.1) is 15.7 Å². The second-order valence-corrected chi connectivity index (χ2v) is 12.7. The first-order chi connectivity index (χ1) is 19.9. The van der Waals surface area contributed by atoms with Crippen LogP contribution in [0.3, 0.4) is 0 Å². The van der Waals surface area contributed by atoms with E-state index in [1.54, 1.807) is 18.2 Å². The predicted octanol–water partition coefficient (Wildman–Crippen LogP) is 5.30. The Labute approximate surface area is 257 Å². The van der Waals surface area contributed by atoms with Crippen molar-refractivity contribution in [3.8, 4) is 0 Å². The molecule has 3 aromatic carbocycles. The van der Waals surface area contributed by atoms with Gasteiger partial charge in [-0.15, -0.1) is 0 Å². The molecule has 0 bridgehead atoms. The fourth-order valence-corrected chi connectivity index (χ4v) is 5.64. The number of halogens is 3. The number of nitrogens with zero attached hydrogens (tertiary/aromatic N) is 3. The minimum Gasteiger partial charge on any atom is -0.354 e. The normalized spacial score (nSPS) is 12.2. The molecule has 226 valence electrons. The Kier molecular flexibility index (Phi) is 12.2. The minimum atomic E-state index is -4.31. The summed E-state index contributed by atoms with van der Waals surface area (Å²) < 4.78 is 43.2. The molecule has 0 aliphatic carbocycles. The quantitative estimate of drug-likeness (QED) is 0.243. The lowest BCUT2D eigenvalue weighted by Gasteiger charge is -2.34. The highest BCUT2D eigenvalue weighted by Crippen LogP contribution is 2.26. The Bertz CT molecular complexity index is 1480. The molecule has 0 saturated carbocycles. The standard InChI is InChI=1S/C30H35Cl2FN4O4S/c1-4-5-17-34-30(39)28(19-22-11-7-6-8-12-22)36(20-23-15-16-24(31)25(32)18-23)29(38)21-37(42(40,41)35(2)3)27-14-10-9-13-26(27)33/h6-16,18,28H,4-5,17,19-21H2,1-3H3,(H,34,39). The molecule has 0 spiro atoms. The SMILES string of the molecule is CCCCNC(=O)C(Cc1ccccc1)N(Cc1ccc(Cl)c(Cl)c1)C(=O)CN(c1ccccc1F)S(=O)(=O)N(C)C. The Balaban J connectivity index is 2.10. The van der Waals surface area contributed by atoms with Crippen molar-refractivity contribution in [2.45, 2.75) is 38.8 Å². The lowest BCUT2D eigenvalue weighted by molar-refractivity contribution is -0.140. The van der Waals surface area contributed by atoms with Crippen molar-refractivity contribution in [3.63, 3.8) is 0 Å². The number of hydrogen-bond donors (Lipinski definition) is 1. The molecule has 0 aliphatic heterocycles. The Morgan fingerprint density at radius 2 is 1.60 bits per heavy atom. The van der Waals surface area contributed by atoms with Gasteiger partial charge in [-0.25, -0.2) is 8.70 Å². The predicted molar refractivity (Wildman–Crippen MR) is 165 cm³/mol. The van der Waals surface area contributed by atoms with Gasteiger partial charge < -0.3 is 10.2 Å². The fourth-order valence-electron chi connectivity index (χ4n) is 4.25. The molecule has 0 heterocycles. The third kappa shape index (κ3) is 8.67. The van der Waals surface area contributed by atoms with E-state index in [2.05, 4.69) is 5.32 Å². The number of unbranched alkanes of at least 4 members (excludes halogenated alkanes) is 1. The molecule has 3 aromatic rings. The van der Waals surface area contributed by atoms with Crippen LogP contribution in [0, 0.1) is 5.82 Å². The number of nitrogens with one attached hydrogen (secondary N) is 1. The average Bonchev–Trinajstić information content (AvgIpc) is 2.96. The lowest BCUT2D eigenvalue weighted by atomic mass is 10.0. The van der Waals surface area contributed by atoms with Crippen LogP contribution in [0.1, 0.15) is 30.9 Å². The number of para-hydroxylation sites is 1. The summed E-state index contributed by atoms with van der Waals surface area (Å²) in [6, 6.07) is 18.3. The third-order valence-corrected chi connectivity index (χ3v) is 9.12. The van der Waals surface area contributed by atoms with Gasteiger partial charge in [0.25, 0.3) is 0 Å². The van der Waals surface area contributed by atoms with Crippen LogP contribution in [0.2, 0.25) is 10.0 Å². The number of hydrogen-bond acceptors (Lipinski definition) is 4. The summed E-state index contributed by atoms with van der Waals surface area (Å²) in [5, 5.41) is 3.49. The van der Waals surface area contributed by atoms with Crippen LogP contribution < -0.4 is 9.62 Å². The second-order valence-electron chi connectivity index (χ2n) is 9.87. The van der Waals surface area contributed by atoms with Gasteiger partial charge in [0.15, 0.2) is 0 Å². The zero-order valence-corrected chi connectivity index (χ0v) is 26.1. The van der Waals surface area contributed by atoms with Gasteiger partial charge in [0.1, 0.15) is 18.4 Å². The van der Waals surface area contributed by atoms with Crippen molar-refractivity contribution >= 4 is 50.9 Å². The van der Waals surface area contributed by atoms with Gasteiger partial charge in [0.2, 0.25) is 11.8 Å². The fraction of sp³-hybridized carbons (Fsp3) is 0.333. The number of rotatable bonds is 14. The molecule has 0 aliphatic rings. The maximum absolute atomic E-state index is 14.9. The van der Waals surface area contributed by atoms with E-state index in [1.807, 2.05) is 37.3 Å². The summed E-state index contributed by atoms with van der Waals surface area (Å²) in [5.74, 6) is -1.92. The number of benzene rings is 3. The van der Waals surface area contributed by atoms with Crippen molar-refractivity contribution in [3.05, 3.63) is 99.8 Å². The zero-order valence-electron chi connectivity index (χ0n) is 23.8. The Morgan fingerprint density at radius 1 is 0.929 bits per heavy atom. The molecule has 0 saturated heterocycles. The molecule has 1 atom stereocenters. The Hall–Kier alpha value is -3.18. The lowest BCUT2D eigenvalue weighted by Crippen LogP contribution is -2.54. The van der Waals surface area contributed by atoms with E-state index in [1.165, 1.54) is 37.2 Å². The van der Waals surface area contributed by atoms with E-state index in [4.69, 9.17) is 23.2 Å². The van der Waals surface area contributed by atoms with Crippen LogP contribution in [-0.2, 0) is 32.8 Å². The molecule has 1 unspecified atom stereocenters. The molecule has 0 fully saturated rings. The highest BCUT2D eigenvalue weighted by molar-refractivity contribution is 7.90. The van der Waals surface area contributed by atoms with Gasteiger partial charge in [-0.1, -0.05) is 85.1 Å². The summed E-state index contributed by atoms with van der Waals surface area (Å²) in [6.07, 6.45) is 1.76. The van der Waals surface area contributed by atoms with Crippen molar-refractivity contribution < 1.29 is 22.4 Å². The summed E-state index contributed by atoms with van der Waals surface area (Å²) in [6.45, 7) is 1.57. The van der Waals surface area contributed by atoms with Crippen LogP contribution in [0.4, 0.5) is 10.1 Å². The van der Waals surface area contributed by atoms with E-state index in [0.717, 1.165) is 28.8 Å². The van der Waals surface area contributed by atoms with Crippen LogP contribution in [0.15, 0.2) is 72.8 Å². The van der Waals surface area contributed by atoms with Crippen molar-refractivity contribution in [2.24, 2.45) is 0 Å². The number of amides is 2. The van der Waals surface area contributed by atoms with Gasteiger partial charge in [0, 0.05) is 33.6 Å².